The summed E-state index contributed by atoms with van der Waals surface area (Å²) in [5.41, 5.74) is 0.581. The first-order valence-electron chi connectivity index (χ1n) is 7.88. The molecular weight excluding hydrogens is 294 g/mol. The van der Waals surface area contributed by atoms with E-state index in [-0.39, 0.29) is 11.9 Å². The van der Waals surface area contributed by atoms with Crippen molar-refractivity contribution in [1.82, 2.24) is 14.7 Å². The van der Waals surface area contributed by atoms with Gasteiger partial charge in [0.2, 0.25) is 5.91 Å². The number of nitrogens with zero attached hydrogens (tertiary/aromatic N) is 5. The highest BCUT2D eigenvalue weighted by Crippen LogP contribution is 2.38. The van der Waals surface area contributed by atoms with Crippen LogP contribution in [-0.4, -0.2) is 46.0 Å². The van der Waals surface area contributed by atoms with Crippen molar-refractivity contribution in [2.75, 3.05) is 19.8 Å². The largest absolute Gasteiger partial charge is 0.377 e. The van der Waals surface area contributed by atoms with Gasteiger partial charge in [-0.05, 0) is 6.07 Å². The zero-order valence-electron chi connectivity index (χ0n) is 13.3. The molecule has 1 atom stereocenters. The second kappa shape index (κ2) is 6.50. The van der Waals surface area contributed by atoms with Crippen molar-refractivity contribution in [2.45, 2.75) is 37.4 Å². The van der Waals surface area contributed by atoms with E-state index in [4.69, 9.17) is 11.2 Å². The van der Waals surface area contributed by atoms with Crippen LogP contribution >= 0.6 is 0 Å². The Bertz CT molecular complexity index is 639. The van der Waals surface area contributed by atoms with Crippen molar-refractivity contribution in [1.29, 1.82) is 0 Å². The van der Waals surface area contributed by atoms with Crippen molar-refractivity contribution >= 4 is 5.91 Å². The highest BCUT2D eigenvalue weighted by molar-refractivity contribution is 5.77. The molecule has 2 aliphatic rings. The number of hydrogen-bond acceptors (Lipinski definition) is 5. The van der Waals surface area contributed by atoms with E-state index in [1.165, 1.54) is 0 Å². The van der Waals surface area contributed by atoms with Gasteiger partial charge in [0.1, 0.15) is 0 Å². The maximum Gasteiger partial charge on any atom is 0.223 e. The molecule has 2 aliphatic heterocycles. The number of terminal acetylenes is 1. The van der Waals surface area contributed by atoms with Gasteiger partial charge >= 0.3 is 0 Å². The van der Waals surface area contributed by atoms with Crippen LogP contribution in [0.4, 0.5) is 0 Å². The molecule has 122 valence electrons. The fourth-order valence-corrected chi connectivity index (χ4v) is 2.98. The van der Waals surface area contributed by atoms with E-state index in [2.05, 4.69) is 21.2 Å². The van der Waals surface area contributed by atoms with Crippen molar-refractivity contribution in [3.63, 3.8) is 0 Å². The van der Waals surface area contributed by atoms with Gasteiger partial charge in [0.25, 0.3) is 0 Å². The number of rotatable bonds is 6. The Morgan fingerprint density at radius 1 is 1.52 bits per heavy atom. The van der Waals surface area contributed by atoms with Crippen LogP contribution in [0.1, 0.15) is 37.4 Å². The quantitative estimate of drug-likeness (QED) is 0.750. The highest BCUT2D eigenvalue weighted by Gasteiger charge is 2.40. The molecule has 0 aliphatic carbocycles. The third kappa shape index (κ3) is 3.42. The van der Waals surface area contributed by atoms with Gasteiger partial charge in [-0.2, -0.15) is 15.3 Å². The van der Waals surface area contributed by atoms with Crippen LogP contribution in [0, 0.1) is 12.3 Å². The maximum absolute atomic E-state index is 12.7. The van der Waals surface area contributed by atoms with Crippen LogP contribution in [0.5, 0.6) is 0 Å². The van der Waals surface area contributed by atoms with Crippen LogP contribution in [0.3, 0.4) is 0 Å². The van der Waals surface area contributed by atoms with Crippen LogP contribution < -0.4 is 0 Å². The number of carbonyl (C=O) groups is 1. The third-order valence-electron chi connectivity index (χ3n) is 4.44. The van der Waals surface area contributed by atoms with Crippen LogP contribution in [-0.2, 0) is 16.6 Å². The lowest BCUT2D eigenvalue weighted by molar-refractivity contribution is -0.140. The molecule has 3 rings (SSSR count). The Labute approximate surface area is 135 Å². The third-order valence-corrected chi connectivity index (χ3v) is 4.44. The molecule has 1 amide bonds. The molecule has 0 N–H and O–H groups in total. The van der Waals surface area contributed by atoms with Gasteiger partial charge in [-0.25, -0.2) is 0 Å². The standard InChI is InChI=1S/C16H21N5O2/c1-3-4-7-16(18-19-16)8-5-15(22)21-10-11-23-12-14(21)13-6-9-17-20(13)2/h1,6,9,14H,4-5,7-8,10-12H2,2H3. The molecule has 0 spiro atoms. The molecule has 1 fully saturated rings. The zero-order chi connectivity index (χ0) is 16.3. The molecule has 1 unspecified atom stereocenters. The Morgan fingerprint density at radius 2 is 2.35 bits per heavy atom. The number of aryl methyl sites for hydroxylation is 1. The topological polar surface area (TPSA) is 72.1 Å². The summed E-state index contributed by atoms with van der Waals surface area (Å²) in [6.07, 6.45) is 9.44. The summed E-state index contributed by atoms with van der Waals surface area (Å²) in [5.74, 6) is 2.71. The van der Waals surface area contributed by atoms with Gasteiger partial charge in [-0.1, -0.05) is 0 Å². The highest BCUT2D eigenvalue weighted by atomic mass is 16.5. The Balaban J connectivity index is 1.61. The van der Waals surface area contributed by atoms with Gasteiger partial charge in [-0.15, -0.1) is 12.3 Å². The van der Waals surface area contributed by atoms with E-state index >= 15 is 0 Å². The van der Waals surface area contributed by atoms with Gasteiger partial charge in [0.05, 0.1) is 24.9 Å². The Hall–Kier alpha value is -2.20. The summed E-state index contributed by atoms with van der Waals surface area (Å²) < 4.78 is 7.35. The summed E-state index contributed by atoms with van der Waals surface area (Å²) in [5, 5.41) is 12.4. The molecule has 1 saturated heterocycles. The SMILES string of the molecule is C#CCCC1(CCC(=O)N2CCOCC2c2ccnn2C)N=N1. The van der Waals surface area contributed by atoms with E-state index in [9.17, 15) is 4.79 Å². The number of amides is 1. The Kier molecular flexibility index (Phi) is 4.44. The first kappa shape index (κ1) is 15.7. The minimum absolute atomic E-state index is 0.0847. The lowest BCUT2D eigenvalue weighted by Crippen LogP contribution is -2.44. The summed E-state index contributed by atoms with van der Waals surface area (Å²) in [6.45, 7) is 1.67. The van der Waals surface area contributed by atoms with Crippen molar-refractivity contribution in [3.05, 3.63) is 18.0 Å². The Morgan fingerprint density at radius 3 is 3.00 bits per heavy atom. The molecule has 0 saturated carbocycles. The van der Waals surface area contributed by atoms with E-state index in [1.54, 1.807) is 10.9 Å². The number of ether oxygens (including phenoxy) is 1. The summed E-state index contributed by atoms with van der Waals surface area (Å²) >= 11 is 0. The van der Waals surface area contributed by atoms with E-state index < -0.39 is 5.66 Å². The van der Waals surface area contributed by atoms with Gasteiger partial charge in [0.15, 0.2) is 5.66 Å². The number of hydrogen-bond donors (Lipinski definition) is 0. The summed E-state index contributed by atoms with van der Waals surface area (Å²) in [7, 11) is 1.88. The second-order valence-electron chi connectivity index (χ2n) is 5.94. The number of aromatic nitrogens is 2. The maximum atomic E-state index is 12.7. The van der Waals surface area contributed by atoms with Crippen LogP contribution in [0.25, 0.3) is 0 Å². The predicted molar refractivity (Wildman–Crippen MR) is 83.4 cm³/mol. The molecule has 1 aromatic heterocycles. The summed E-state index contributed by atoms with van der Waals surface area (Å²) in [4.78, 5) is 14.6. The molecular formula is C16H21N5O2. The molecule has 1 aromatic rings. The molecule has 3 heterocycles. The molecule has 7 heteroatoms. The number of morpholine rings is 1. The molecule has 0 aromatic carbocycles. The van der Waals surface area contributed by atoms with Gasteiger partial charge < -0.3 is 9.64 Å². The molecule has 7 nitrogen and oxygen atoms in total. The average molecular weight is 315 g/mol. The van der Waals surface area contributed by atoms with E-state index in [0.29, 0.717) is 39.0 Å². The van der Waals surface area contributed by atoms with Gasteiger partial charge in [-0.3, -0.25) is 9.48 Å². The first-order chi connectivity index (χ1) is 11.2. The lowest BCUT2D eigenvalue weighted by Gasteiger charge is -2.35. The van der Waals surface area contributed by atoms with Crippen molar-refractivity contribution in [3.8, 4) is 12.3 Å². The normalized spacial score (nSPS) is 21.9. The minimum atomic E-state index is -0.406. The van der Waals surface area contributed by atoms with Crippen molar-refractivity contribution < 1.29 is 9.53 Å². The first-order valence-corrected chi connectivity index (χ1v) is 7.88. The van der Waals surface area contributed by atoms with E-state index in [1.807, 2.05) is 18.0 Å². The number of carbonyl (C=O) groups excluding carboxylic acids is 1. The smallest absolute Gasteiger partial charge is 0.223 e. The minimum Gasteiger partial charge on any atom is -0.377 e. The fraction of sp³-hybridized carbons (Fsp3) is 0.625. The van der Waals surface area contributed by atoms with E-state index in [0.717, 1.165) is 12.1 Å². The molecule has 0 bridgehead atoms. The van der Waals surface area contributed by atoms with Crippen molar-refractivity contribution in [2.24, 2.45) is 17.3 Å². The monoisotopic (exact) mass is 315 g/mol. The predicted octanol–water partition coefficient (Wildman–Crippen LogP) is 1.68. The second-order valence-corrected chi connectivity index (χ2v) is 5.94. The fourth-order valence-electron chi connectivity index (χ4n) is 2.98. The van der Waals surface area contributed by atoms with Crippen LogP contribution in [0.2, 0.25) is 0 Å². The average Bonchev–Trinajstić information content (AvgIpc) is 3.23. The molecule has 23 heavy (non-hydrogen) atoms. The van der Waals surface area contributed by atoms with Gasteiger partial charge in [0, 0.05) is 45.5 Å². The summed E-state index contributed by atoms with van der Waals surface area (Å²) in [6, 6.07) is 1.85. The molecule has 0 radical (unpaired) electrons. The van der Waals surface area contributed by atoms with Crippen LogP contribution in [0.15, 0.2) is 22.5 Å². The zero-order valence-corrected chi connectivity index (χ0v) is 13.3. The lowest BCUT2D eigenvalue weighted by atomic mass is 10.0.